The molecule has 1 aromatic rings. The zero-order valence-electron chi connectivity index (χ0n) is 13.1. The molecule has 1 fully saturated rings. The van der Waals surface area contributed by atoms with Crippen molar-refractivity contribution in [2.75, 3.05) is 11.9 Å². The van der Waals surface area contributed by atoms with Crippen LogP contribution in [0.15, 0.2) is 24.3 Å². The lowest BCUT2D eigenvalue weighted by atomic mass is 10.0. The number of carbonyl (C=O) groups excluding carboxylic acids is 1. The molecule has 0 spiro atoms. The van der Waals surface area contributed by atoms with E-state index in [2.05, 4.69) is 19.2 Å². The molecule has 0 heterocycles. The van der Waals surface area contributed by atoms with Gasteiger partial charge in [-0.05, 0) is 48.9 Å². The number of carboxylic acids is 1. The molecule has 0 bridgehead atoms. The molecule has 5 heteroatoms. The summed E-state index contributed by atoms with van der Waals surface area (Å²) in [5.74, 6) is 0.0537. The molecule has 2 atom stereocenters. The average Bonchev–Trinajstić information content (AvgIpc) is 3.18. The number of ether oxygens (including phenoxy) is 1. The van der Waals surface area contributed by atoms with Crippen molar-refractivity contribution < 1.29 is 19.4 Å². The quantitative estimate of drug-likeness (QED) is 0.723. The van der Waals surface area contributed by atoms with E-state index in [1.807, 2.05) is 0 Å². The van der Waals surface area contributed by atoms with Gasteiger partial charge in [0, 0.05) is 18.0 Å². The molecule has 0 saturated heterocycles. The Balaban J connectivity index is 1.77. The summed E-state index contributed by atoms with van der Waals surface area (Å²) in [7, 11) is 0. The van der Waals surface area contributed by atoms with E-state index in [4.69, 9.17) is 9.84 Å². The highest BCUT2D eigenvalue weighted by atomic mass is 16.5. The molecule has 2 rings (SSSR count). The minimum atomic E-state index is -0.819. The zero-order valence-corrected chi connectivity index (χ0v) is 13.1. The molecule has 1 amide bonds. The Bertz CT molecular complexity index is 540. The van der Waals surface area contributed by atoms with E-state index in [9.17, 15) is 9.59 Å². The van der Waals surface area contributed by atoms with E-state index in [-0.39, 0.29) is 23.7 Å². The van der Waals surface area contributed by atoms with E-state index in [1.165, 1.54) is 0 Å². The fourth-order valence-corrected chi connectivity index (χ4v) is 2.48. The first-order valence-electron chi connectivity index (χ1n) is 7.70. The Morgan fingerprint density at radius 1 is 1.36 bits per heavy atom. The molecule has 1 saturated carbocycles. The van der Waals surface area contributed by atoms with Gasteiger partial charge in [-0.3, -0.25) is 9.59 Å². The molecule has 5 nitrogen and oxygen atoms in total. The fraction of sp³-hybridized carbons (Fsp3) is 0.529. The van der Waals surface area contributed by atoms with Crippen molar-refractivity contribution in [2.24, 2.45) is 11.3 Å². The monoisotopic (exact) mass is 305 g/mol. The van der Waals surface area contributed by atoms with Crippen molar-refractivity contribution in [1.82, 2.24) is 0 Å². The highest BCUT2D eigenvalue weighted by Gasteiger charge is 2.52. The van der Waals surface area contributed by atoms with Gasteiger partial charge in [0.05, 0.1) is 6.61 Å². The maximum Gasteiger partial charge on any atom is 0.303 e. The van der Waals surface area contributed by atoms with E-state index < -0.39 is 5.97 Å². The van der Waals surface area contributed by atoms with Crippen LogP contribution in [0.25, 0.3) is 0 Å². The standard InChI is InChI=1S/C17H23NO4/c1-3-17(2)11-14(17)16(21)18-12-6-8-13(9-7-12)22-10-4-5-15(19)20/h6-9,14H,3-5,10-11H2,1-2H3,(H,18,21)(H,19,20). The predicted molar refractivity (Wildman–Crippen MR) is 83.9 cm³/mol. The summed E-state index contributed by atoms with van der Waals surface area (Å²) in [5, 5.41) is 11.5. The van der Waals surface area contributed by atoms with Gasteiger partial charge in [0.15, 0.2) is 0 Å². The number of benzene rings is 1. The third-order valence-corrected chi connectivity index (χ3v) is 4.40. The molecule has 22 heavy (non-hydrogen) atoms. The van der Waals surface area contributed by atoms with Crippen LogP contribution in [0.5, 0.6) is 5.75 Å². The largest absolute Gasteiger partial charge is 0.494 e. The van der Waals surface area contributed by atoms with E-state index in [0.29, 0.717) is 18.8 Å². The number of hydrogen-bond donors (Lipinski definition) is 2. The second-order valence-corrected chi connectivity index (χ2v) is 6.12. The van der Waals surface area contributed by atoms with Crippen LogP contribution in [0, 0.1) is 11.3 Å². The SMILES string of the molecule is CCC1(C)CC1C(=O)Nc1ccc(OCCCC(=O)O)cc1. The van der Waals surface area contributed by atoms with Gasteiger partial charge in [-0.1, -0.05) is 13.8 Å². The Morgan fingerprint density at radius 2 is 2.05 bits per heavy atom. The Kier molecular flexibility index (Phi) is 5.06. The van der Waals surface area contributed by atoms with Gasteiger partial charge in [-0.2, -0.15) is 0 Å². The van der Waals surface area contributed by atoms with Crippen LogP contribution in [0.3, 0.4) is 0 Å². The normalized spacial score (nSPS) is 22.9. The Hall–Kier alpha value is -2.04. The summed E-state index contributed by atoms with van der Waals surface area (Å²) in [4.78, 5) is 22.5. The van der Waals surface area contributed by atoms with Crippen molar-refractivity contribution in [3.63, 3.8) is 0 Å². The third-order valence-electron chi connectivity index (χ3n) is 4.40. The molecular formula is C17H23NO4. The zero-order chi connectivity index (χ0) is 16.2. The van der Waals surface area contributed by atoms with Gasteiger partial charge in [0.25, 0.3) is 0 Å². The van der Waals surface area contributed by atoms with Crippen LogP contribution < -0.4 is 10.1 Å². The van der Waals surface area contributed by atoms with Gasteiger partial charge in [0.2, 0.25) is 5.91 Å². The number of nitrogens with one attached hydrogen (secondary N) is 1. The third kappa shape index (κ3) is 4.23. The van der Waals surface area contributed by atoms with Crippen molar-refractivity contribution in [2.45, 2.75) is 39.5 Å². The number of carboxylic acid groups (broad SMARTS) is 1. The number of carbonyl (C=O) groups is 2. The molecule has 1 aliphatic rings. The molecule has 120 valence electrons. The summed E-state index contributed by atoms with van der Waals surface area (Å²) in [6.07, 6.45) is 2.56. The van der Waals surface area contributed by atoms with E-state index in [0.717, 1.165) is 18.5 Å². The molecular weight excluding hydrogens is 282 g/mol. The van der Waals surface area contributed by atoms with E-state index in [1.54, 1.807) is 24.3 Å². The lowest BCUT2D eigenvalue weighted by Crippen LogP contribution is -2.17. The van der Waals surface area contributed by atoms with Crippen molar-refractivity contribution in [3.8, 4) is 5.75 Å². The van der Waals surface area contributed by atoms with Crippen LogP contribution in [0.1, 0.15) is 39.5 Å². The summed E-state index contributed by atoms with van der Waals surface area (Å²) in [5.41, 5.74) is 0.922. The summed E-state index contributed by atoms with van der Waals surface area (Å²) in [6.45, 7) is 4.63. The predicted octanol–water partition coefficient (Wildman–Crippen LogP) is 3.30. The van der Waals surface area contributed by atoms with Crippen LogP contribution in [0.2, 0.25) is 0 Å². The number of amides is 1. The molecule has 2 N–H and O–H groups in total. The number of anilines is 1. The number of rotatable bonds is 8. The maximum atomic E-state index is 12.1. The first-order valence-corrected chi connectivity index (χ1v) is 7.70. The lowest BCUT2D eigenvalue weighted by Gasteiger charge is -2.10. The first kappa shape index (κ1) is 16.3. The van der Waals surface area contributed by atoms with Crippen molar-refractivity contribution in [3.05, 3.63) is 24.3 Å². The molecule has 0 aromatic heterocycles. The lowest BCUT2D eigenvalue weighted by molar-refractivity contribution is -0.137. The first-order chi connectivity index (χ1) is 10.4. The summed E-state index contributed by atoms with van der Waals surface area (Å²) < 4.78 is 5.45. The van der Waals surface area contributed by atoms with Gasteiger partial charge < -0.3 is 15.2 Å². The van der Waals surface area contributed by atoms with E-state index >= 15 is 0 Å². The average molecular weight is 305 g/mol. The second kappa shape index (κ2) is 6.81. The molecule has 1 aromatic carbocycles. The molecule has 0 aliphatic heterocycles. The van der Waals surface area contributed by atoms with Crippen molar-refractivity contribution in [1.29, 1.82) is 0 Å². The topological polar surface area (TPSA) is 75.6 Å². The second-order valence-electron chi connectivity index (χ2n) is 6.12. The van der Waals surface area contributed by atoms with Gasteiger partial charge in [-0.15, -0.1) is 0 Å². The van der Waals surface area contributed by atoms with Gasteiger partial charge in [-0.25, -0.2) is 0 Å². The Labute approximate surface area is 130 Å². The fourth-order valence-electron chi connectivity index (χ4n) is 2.48. The highest BCUT2D eigenvalue weighted by molar-refractivity contribution is 5.95. The number of hydrogen-bond acceptors (Lipinski definition) is 3. The maximum absolute atomic E-state index is 12.1. The Morgan fingerprint density at radius 3 is 2.59 bits per heavy atom. The van der Waals surface area contributed by atoms with Crippen LogP contribution >= 0.6 is 0 Å². The van der Waals surface area contributed by atoms with Crippen LogP contribution in [-0.2, 0) is 9.59 Å². The molecule has 2 unspecified atom stereocenters. The van der Waals surface area contributed by atoms with Gasteiger partial charge in [0.1, 0.15) is 5.75 Å². The smallest absolute Gasteiger partial charge is 0.303 e. The van der Waals surface area contributed by atoms with Crippen molar-refractivity contribution >= 4 is 17.6 Å². The minimum Gasteiger partial charge on any atom is -0.494 e. The minimum absolute atomic E-state index is 0.0828. The van der Waals surface area contributed by atoms with Gasteiger partial charge >= 0.3 is 5.97 Å². The summed E-state index contributed by atoms with van der Waals surface area (Å²) >= 11 is 0. The summed E-state index contributed by atoms with van der Waals surface area (Å²) in [6, 6.07) is 7.16. The highest BCUT2D eigenvalue weighted by Crippen LogP contribution is 2.55. The van der Waals surface area contributed by atoms with Crippen LogP contribution in [0.4, 0.5) is 5.69 Å². The van der Waals surface area contributed by atoms with Crippen LogP contribution in [-0.4, -0.2) is 23.6 Å². The molecule has 1 aliphatic carbocycles. The molecule has 0 radical (unpaired) electrons. The number of aliphatic carboxylic acids is 1.